The molecule has 6 aliphatic rings. The number of fused-ring (bicyclic) bond motifs is 6. The molecule has 6 rings (SSSR count). The van der Waals surface area contributed by atoms with Gasteiger partial charge in [-0.2, -0.15) is 0 Å². The molecule has 4 aliphatic carbocycles. The maximum atomic E-state index is 10.3. The first-order valence-corrected chi connectivity index (χ1v) is 14.4. The minimum absolute atomic E-state index is 0.0252. The summed E-state index contributed by atoms with van der Waals surface area (Å²) < 4.78 is 7.13. The van der Waals surface area contributed by atoms with Crippen LogP contribution in [0.25, 0.3) is 0 Å². The fraction of sp³-hybridized carbons (Fsp3) is 0.867. The Bertz CT molecular complexity index is 880. The van der Waals surface area contributed by atoms with Crippen molar-refractivity contribution in [1.29, 1.82) is 0 Å². The normalized spacial score (nSPS) is 50.9. The number of aliphatic hydroxyl groups is 2. The minimum Gasteiger partial charge on any atom is -0.395 e. The first kappa shape index (κ1) is 23.7. The Labute approximate surface area is 206 Å². The van der Waals surface area contributed by atoms with E-state index in [1.165, 1.54) is 38.5 Å². The molecule has 4 heteroatoms. The molecule has 2 saturated carbocycles. The second-order valence-electron chi connectivity index (χ2n) is 13.4. The molecule has 34 heavy (non-hydrogen) atoms. The predicted octanol–water partition coefficient (Wildman–Crippen LogP) is 5.10. The SMILES string of the molecule is CC1=C2C[C@H]3[C@@H](CCC4=C[C@@H](O)CC[C@@]43C)[C@@H]2CCC2(C1)O[C@@H]1C[C@H](C)CN(CCO)[C@H]1[C@H]2C. The number of aliphatic hydroxyl groups excluding tert-OH is 2. The van der Waals surface area contributed by atoms with Crippen molar-refractivity contribution in [1.82, 2.24) is 4.90 Å². The summed E-state index contributed by atoms with van der Waals surface area (Å²) >= 11 is 0. The molecule has 2 aliphatic heterocycles. The van der Waals surface area contributed by atoms with Crippen LogP contribution in [0.2, 0.25) is 0 Å². The van der Waals surface area contributed by atoms with Crippen molar-refractivity contribution < 1.29 is 14.9 Å². The van der Waals surface area contributed by atoms with E-state index in [9.17, 15) is 10.2 Å². The van der Waals surface area contributed by atoms with Gasteiger partial charge < -0.3 is 14.9 Å². The van der Waals surface area contributed by atoms with Crippen molar-refractivity contribution in [2.24, 2.45) is 35.0 Å². The summed E-state index contributed by atoms with van der Waals surface area (Å²) in [6.07, 6.45) is 12.9. The summed E-state index contributed by atoms with van der Waals surface area (Å²) in [5.74, 6) is 3.46. The highest BCUT2D eigenvalue weighted by Gasteiger charge is 2.59. The quantitative estimate of drug-likeness (QED) is 0.553. The number of ether oxygens (including phenoxy) is 1. The lowest BCUT2D eigenvalue weighted by Gasteiger charge is -2.49. The summed E-state index contributed by atoms with van der Waals surface area (Å²) in [6, 6.07) is 0.460. The Hall–Kier alpha value is -0.680. The van der Waals surface area contributed by atoms with Crippen molar-refractivity contribution in [2.45, 2.75) is 109 Å². The van der Waals surface area contributed by atoms with Gasteiger partial charge in [-0.25, -0.2) is 0 Å². The average Bonchev–Trinajstić information content (AvgIpc) is 3.25. The molecular weight excluding hydrogens is 422 g/mol. The lowest BCUT2D eigenvalue weighted by molar-refractivity contribution is -0.0799. The van der Waals surface area contributed by atoms with E-state index in [0.29, 0.717) is 29.4 Å². The molecule has 1 spiro atoms. The summed E-state index contributed by atoms with van der Waals surface area (Å²) in [6.45, 7) is 11.9. The highest BCUT2D eigenvalue weighted by molar-refractivity contribution is 5.33. The van der Waals surface area contributed by atoms with Gasteiger partial charge in [-0.1, -0.05) is 43.6 Å². The molecule has 4 nitrogen and oxygen atoms in total. The van der Waals surface area contributed by atoms with Crippen molar-refractivity contribution in [3.05, 3.63) is 22.8 Å². The van der Waals surface area contributed by atoms with Crippen LogP contribution in [-0.2, 0) is 4.74 Å². The van der Waals surface area contributed by atoms with E-state index >= 15 is 0 Å². The van der Waals surface area contributed by atoms with Crippen LogP contribution in [0, 0.1) is 35.0 Å². The number of β-amino-alcohol motifs (C(OH)–C–C–N with tert-alkyl or cyclic N) is 1. The molecule has 0 aromatic heterocycles. The molecule has 0 aromatic rings. The van der Waals surface area contributed by atoms with Crippen LogP contribution in [-0.4, -0.2) is 58.7 Å². The monoisotopic (exact) mass is 469 g/mol. The molecule has 0 aromatic carbocycles. The maximum absolute atomic E-state index is 10.3. The van der Waals surface area contributed by atoms with Crippen molar-refractivity contribution in [3.63, 3.8) is 0 Å². The van der Waals surface area contributed by atoms with E-state index in [1.807, 2.05) is 0 Å². The molecule has 2 N–H and O–H groups in total. The van der Waals surface area contributed by atoms with Gasteiger partial charge in [0, 0.05) is 25.0 Å². The van der Waals surface area contributed by atoms with E-state index in [1.54, 1.807) is 16.7 Å². The average molecular weight is 470 g/mol. The van der Waals surface area contributed by atoms with E-state index in [-0.39, 0.29) is 18.3 Å². The second-order valence-corrected chi connectivity index (χ2v) is 13.4. The smallest absolute Gasteiger partial charge is 0.0765 e. The van der Waals surface area contributed by atoms with Gasteiger partial charge in [-0.05, 0) is 93.8 Å². The molecule has 10 atom stereocenters. The third-order valence-corrected chi connectivity index (χ3v) is 11.7. The summed E-state index contributed by atoms with van der Waals surface area (Å²) in [4.78, 5) is 2.55. The van der Waals surface area contributed by atoms with Crippen LogP contribution in [0.1, 0.15) is 85.5 Å². The highest BCUT2D eigenvalue weighted by Crippen LogP contribution is 2.64. The number of piperidine rings is 1. The standard InChI is InChI=1S/C30H47NO3/c1-18-13-27-28(31(17-18)11-12-32)20(3)30(34-27)10-8-23-24-6-5-21-14-22(33)7-9-29(21,4)26(24)15-25(23)19(2)16-30/h14,18,20,22-24,26-28,32-33H,5-13,15-17H2,1-4H3/t18-,20+,22-,23-,24-,26-,27+,28-,29-,30?/m0/s1. The molecule has 0 bridgehead atoms. The molecule has 190 valence electrons. The zero-order chi connectivity index (χ0) is 23.8. The third kappa shape index (κ3) is 3.45. The van der Waals surface area contributed by atoms with Crippen LogP contribution < -0.4 is 0 Å². The largest absolute Gasteiger partial charge is 0.395 e. The van der Waals surface area contributed by atoms with E-state index in [2.05, 4.69) is 38.7 Å². The fourth-order valence-electron chi connectivity index (χ4n) is 10.0. The Kier molecular flexibility index (Phi) is 5.88. The van der Waals surface area contributed by atoms with Crippen LogP contribution in [0.15, 0.2) is 22.8 Å². The third-order valence-electron chi connectivity index (χ3n) is 11.7. The Balaban J connectivity index is 1.28. The zero-order valence-corrected chi connectivity index (χ0v) is 21.9. The lowest BCUT2D eigenvalue weighted by Crippen LogP contribution is -2.52. The van der Waals surface area contributed by atoms with Gasteiger partial charge in [-0.15, -0.1) is 0 Å². The Morgan fingerprint density at radius 3 is 2.79 bits per heavy atom. The number of rotatable bonds is 2. The van der Waals surface area contributed by atoms with Gasteiger partial charge >= 0.3 is 0 Å². The fourth-order valence-corrected chi connectivity index (χ4v) is 10.0. The molecule has 0 amide bonds. The maximum Gasteiger partial charge on any atom is 0.0765 e. The van der Waals surface area contributed by atoms with Gasteiger partial charge in [-0.3, -0.25) is 4.90 Å². The van der Waals surface area contributed by atoms with Crippen molar-refractivity contribution in [3.8, 4) is 0 Å². The van der Waals surface area contributed by atoms with Gasteiger partial charge in [0.1, 0.15) is 0 Å². The van der Waals surface area contributed by atoms with E-state index in [0.717, 1.165) is 50.1 Å². The number of nitrogens with zero attached hydrogens (tertiary/aromatic N) is 1. The van der Waals surface area contributed by atoms with Crippen LogP contribution >= 0.6 is 0 Å². The Morgan fingerprint density at radius 2 is 2.00 bits per heavy atom. The van der Waals surface area contributed by atoms with Gasteiger partial charge in [0.25, 0.3) is 0 Å². The second kappa shape index (κ2) is 8.43. The summed E-state index contributed by atoms with van der Waals surface area (Å²) in [5.41, 5.74) is 5.25. The molecule has 0 radical (unpaired) electrons. The van der Waals surface area contributed by atoms with E-state index < -0.39 is 0 Å². The van der Waals surface area contributed by atoms with Crippen LogP contribution in [0.4, 0.5) is 0 Å². The number of hydrogen-bond acceptors (Lipinski definition) is 4. The molecule has 2 heterocycles. The zero-order valence-electron chi connectivity index (χ0n) is 21.9. The van der Waals surface area contributed by atoms with Gasteiger partial charge in [0.15, 0.2) is 0 Å². The summed E-state index contributed by atoms with van der Waals surface area (Å²) in [5, 5.41) is 20.0. The number of hydrogen-bond donors (Lipinski definition) is 2. The predicted molar refractivity (Wildman–Crippen MR) is 135 cm³/mol. The lowest BCUT2D eigenvalue weighted by atomic mass is 9.56. The summed E-state index contributed by atoms with van der Waals surface area (Å²) in [7, 11) is 0. The molecule has 4 fully saturated rings. The van der Waals surface area contributed by atoms with Gasteiger partial charge in [0.2, 0.25) is 0 Å². The topological polar surface area (TPSA) is 52.9 Å². The first-order valence-electron chi connectivity index (χ1n) is 14.4. The highest BCUT2D eigenvalue weighted by atomic mass is 16.5. The van der Waals surface area contributed by atoms with Gasteiger partial charge in [0.05, 0.1) is 24.4 Å². The van der Waals surface area contributed by atoms with Crippen molar-refractivity contribution in [2.75, 3.05) is 19.7 Å². The van der Waals surface area contributed by atoms with Crippen LogP contribution in [0.5, 0.6) is 0 Å². The number of likely N-dealkylation sites (tertiary alicyclic amines) is 1. The Morgan fingerprint density at radius 1 is 1.18 bits per heavy atom. The van der Waals surface area contributed by atoms with Crippen molar-refractivity contribution >= 4 is 0 Å². The van der Waals surface area contributed by atoms with E-state index in [4.69, 9.17) is 4.74 Å². The molecule has 2 saturated heterocycles. The number of allylic oxidation sites excluding steroid dienone is 2. The van der Waals surface area contributed by atoms with Crippen LogP contribution in [0.3, 0.4) is 0 Å². The first-order chi connectivity index (χ1) is 16.3. The molecular formula is C30H47NO3. The minimum atomic E-state index is -0.218. The molecule has 1 unspecified atom stereocenters.